The van der Waals surface area contributed by atoms with Crippen LogP contribution in [-0.2, 0) is 19.8 Å². The van der Waals surface area contributed by atoms with Crippen LogP contribution in [-0.4, -0.2) is 91.5 Å². The number of fused-ring (bicyclic) bond motifs is 7. The van der Waals surface area contributed by atoms with Crippen LogP contribution in [0.15, 0.2) is 71.0 Å². The standard InChI is InChI=1S/C51H60ClN7O5S/c1-30(32-12-14-34(15-13-32)44-31(2)53-29-65-44)54-46(62)41-27-36(60)28-58(41)48(64)45(50(3,4)5)55-42(61)20-25-57-23-18-33(19-24-57)35-16-17-39-37(26-35)51(21-7-6-8-22-51)49-56-47(63)43-38(52)10-9-11-40(43)59(39)49/h9-17,26,29-30,33,36,41,45,60H,6-8,18-25,27-28H2,1-5H3,(H,54,62)(H,55,61)/t30-,36+,41-,45+/m0/s1. The van der Waals surface area contributed by atoms with E-state index in [2.05, 4.69) is 43.3 Å². The van der Waals surface area contributed by atoms with E-state index in [1.807, 2.05) is 76.5 Å². The Hall–Kier alpha value is -4.95. The smallest absolute Gasteiger partial charge is 0.282 e. The first-order valence-corrected chi connectivity index (χ1v) is 24.6. The maximum absolute atomic E-state index is 14.3. The zero-order valence-electron chi connectivity index (χ0n) is 38.0. The summed E-state index contributed by atoms with van der Waals surface area (Å²) < 4.78 is 2.19. The molecular formula is C51H60ClN7O5S. The molecule has 3 aliphatic heterocycles. The predicted molar refractivity (Wildman–Crippen MR) is 256 cm³/mol. The minimum Gasteiger partial charge on any atom is -0.391 e. The van der Waals surface area contributed by atoms with E-state index >= 15 is 0 Å². The molecule has 2 aromatic heterocycles. The topological polar surface area (TPSA) is 150 Å². The molecule has 0 unspecified atom stereocenters. The van der Waals surface area contributed by atoms with Gasteiger partial charge in [-0.3, -0.25) is 23.7 Å². The molecular weight excluding hydrogens is 858 g/mol. The second-order valence-electron chi connectivity index (χ2n) is 19.9. The minimum atomic E-state index is -0.886. The molecule has 3 aromatic carbocycles. The molecule has 0 radical (unpaired) electrons. The lowest BCUT2D eigenvalue weighted by atomic mass is 9.69. The molecule has 0 bridgehead atoms. The molecule has 1 aliphatic carbocycles. The van der Waals surface area contributed by atoms with Gasteiger partial charge in [-0.05, 0) is 104 Å². The Morgan fingerprint density at radius 1 is 1.00 bits per heavy atom. The molecule has 4 atom stereocenters. The molecule has 4 aliphatic rings. The van der Waals surface area contributed by atoms with Gasteiger partial charge in [0.05, 0.1) is 55.3 Å². The molecule has 5 heterocycles. The van der Waals surface area contributed by atoms with Crippen LogP contribution in [0, 0.1) is 12.3 Å². The SMILES string of the molecule is Cc1ncsc1-c1ccc([C@H](C)NC(=O)[C@@H]2C[C@@H](O)CN2C(=O)[C@@H](NC(=O)CCN2CCC(c3ccc4c(c3)C3(CCCCC3)c3nc(=O)c5c(Cl)cccc5n3-4)CC2)C(C)(C)C)cc1. The summed E-state index contributed by atoms with van der Waals surface area (Å²) in [6.45, 7) is 11.9. The second-order valence-corrected chi connectivity index (χ2v) is 21.1. The normalized spacial score (nSPS) is 20.7. The molecule has 1 saturated carbocycles. The fraction of sp³-hybridized carbons (Fsp3) is 0.490. The third-order valence-electron chi connectivity index (χ3n) is 14.6. The van der Waals surface area contributed by atoms with E-state index in [9.17, 15) is 24.3 Å². The fourth-order valence-electron chi connectivity index (χ4n) is 10.9. The first kappa shape index (κ1) is 45.2. The van der Waals surface area contributed by atoms with Crippen LogP contribution in [0.4, 0.5) is 0 Å². The molecule has 3 fully saturated rings. The Morgan fingerprint density at radius 3 is 2.43 bits per heavy atom. The Morgan fingerprint density at radius 2 is 1.74 bits per heavy atom. The van der Waals surface area contributed by atoms with Crippen molar-refractivity contribution in [3.8, 4) is 16.1 Å². The molecule has 5 aromatic rings. The molecule has 2 saturated heterocycles. The Kier molecular flexibility index (Phi) is 12.5. The summed E-state index contributed by atoms with van der Waals surface area (Å²) in [5.74, 6) is 0.288. The van der Waals surface area contributed by atoms with E-state index in [4.69, 9.17) is 16.6 Å². The molecule has 9 rings (SSSR count). The number of benzene rings is 3. The van der Waals surface area contributed by atoms with Crippen LogP contribution in [0.3, 0.4) is 0 Å². The van der Waals surface area contributed by atoms with E-state index in [0.29, 0.717) is 22.9 Å². The second kappa shape index (κ2) is 18.0. The highest BCUT2D eigenvalue weighted by Crippen LogP contribution is 2.52. The van der Waals surface area contributed by atoms with Crippen molar-refractivity contribution in [3.05, 3.63) is 110 Å². The van der Waals surface area contributed by atoms with Crippen LogP contribution in [0.25, 0.3) is 27.0 Å². The number of β-amino-alcohol motifs (C(OH)–C–C–N with tert-alkyl or cyclic N) is 1. The minimum absolute atomic E-state index is 0.0201. The lowest BCUT2D eigenvalue weighted by molar-refractivity contribution is -0.144. The fourth-order valence-corrected chi connectivity index (χ4v) is 12.0. The van der Waals surface area contributed by atoms with Gasteiger partial charge >= 0.3 is 0 Å². The van der Waals surface area contributed by atoms with Gasteiger partial charge in [-0.2, -0.15) is 4.98 Å². The van der Waals surface area contributed by atoms with Crippen molar-refractivity contribution >= 4 is 51.6 Å². The number of hydrogen-bond acceptors (Lipinski definition) is 9. The third-order valence-corrected chi connectivity index (χ3v) is 15.8. The number of likely N-dealkylation sites (tertiary alicyclic amines) is 2. The molecule has 3 amide bonds. The summed E-state index contributed by atoms with van der Waals surface area (Å²) in [6.07, 6.45) is 6.70. The Labute approximate surface area is 389 Å². The van der Waals surface area contributed by atoms with E-state index in [0.717, 1.165) is 90.3 Å². The zero-order chi connectivity index (χ0) is 45.8. The number of hydrogen-bond donors (Lipinski definition) is 3. The van der Waals surface area contributed by atoms with Crippen molar-refractivity contribution in [2.24, 2.45) is 5.41 Å². The largest absolute Gasteiger partial charge is 0.391 e. The molecule has 65 heavy (non-hydrogen) atoms. The number of carbonyl (C=O) groups excluding carboxylic acids is 3. The van der Waals surface area contributed by atoms with Crippen molar-refractivity contribution in [3.63, 3.8) is 0 Å². The summed E-state index contributed by atoms with van der Waals surface area (Å²) >= 11 is 8.16. The zero-order valence-corrected chi connectivity index (χ0v) is 39.6. The first-order valence-electron chi connectivity index (χ1n) is 23.3. The van der Waals surface area contributed by atoms with Crippen molar-refractivity contribution < 1.29 is 19.5 Å². The number of carbonyl (C=O) groups is 3. The van der Waals surface area contributed by atoms with Gasteiger partial charge in [-0.1, -0.05) is 94.1 Å². The average molecular weight is 919 g/mol. The number of nitrogens with zero attached hydrogens (tertiary/aromatic N) is 5. The van der Waals surface area contributed by atoms with Crippen LogP contribution < -0.4 is 16.2 Å². The number of aliphatic hydroxyl groups excluding tert-OH is 1. The summed E-state index contributed by atoms with van der Waals surface area (Å²) in [4.78, 5) is 69.1. The molecule has 1 spiro atoms. The van der Waals surface area contributed by atoms with E-state index < -0.39 is 23.6 Å². The Balaban J connectivity index is 0.816. The van der Waals surface area contributed by atoms with Gasteiger partial charge in [-0.15, -0.1) is 11.3 Å². The van der Waals surface area contributed by atoms with Gasteiger partial charge in [-0.25, -0.2) is 4.98 Å². The third kappa shape index (κ3) is 8.65. The van der Waals surface area contributed by atoms with E-state index in [1.165, 1.54) is 22.4 Å². The highest BCUT2D eigenvalue weighted by atomic mass is 35.5. The maximum Gasteiger partial charge on any atom is 0.282 e. The van der Waals surface area contributed by atoms with Gasteiger partial charge in [0.15, 0.2) is 0 Å². The molecule has 12 nitrogen and oxygen atoms in total. The number of nitrogens with one attached hydrogen (secondary N) is 2. The number of rotatable bonds is 10. The molecule has 3 N–H and O–H groups in total. The van der Waals surface area contributed by atoms with E-state index in [1.54, 1.807) is 17.4 Å². The lowest BCUT2D eigenvalue weighted by Gasteiger charge is -2.36. The highest BCUT2D eigenvalue weighted by molar-refractivity contribution is 7.13. The van der Waals surface area contributed by atoms with Gasteiger partial charge in [0.25, 0.3) is 5.56 Å². The predicted octanol–water partition coefficient (Wildman–Crippen LogP) is 7.97. The summed E-state index contributed by atoms with van der Waals surface area (Å²) in [6, 6.07) is 18.4. The molecule has 14 heteroatoms. The first-order chi connectivity index (χ1) is 31.1. The van der Waals surface area contributed by atoms with Gasteiger partial charge < -0.3 is 25.5 Å². The van der Waals surface area contributed by atoms with Crippen LogP contribution >= 0.6 is 22.9 Å². The number of thiazole rings is 1. The van der Waals surface area contributed by atoms with Gasteiger partial charge in [0.1, 0.15) is 17.9 Å². The lowest BCUT2D eigenvalue weighted by Crippen LogP contribution is -2.58. The number of amides is 3. The van der Waals surface area contributed by atoms with E-state index in [-0.39, 0.29) is 54.1 Å². The number of aromatic nitrogens is 3. The number of aliphatic hydroxyl groups is 1. The summed E-state index contributed by atoms with van der Waals surface area (Å²) in [5, 5.41) is 17.8. The summed E-state index contributed by atoms with van der Waals surface area (Å²) in [7, 11) is 0. The number of halogens is 1. The van der Waals surface area contributed by atoms with Crippen molar-refractivity contribution in [1.29, 1.82) is 0 Å². The van der Waals surface area contributed by atoms with Crippen LogP contribution in [0.2, 0.25) is 5.02 Å². The van der Waals surface area contributed by atoms with Gasteiger partial charge in [0.2, 0.25) is 17.7 Å². The maximum atomic E-state index is 14.3. The average Bonchev–Trinajstić information content (AvgIpc) is 3.98. The Bertz CT molecular complexity index is 2680. The van der Waals surface area contributed by atoms with Crippen LogP contribution in [0.1, 0.15) is 126 Å². The van der Waals surface area contributed by atoms with Gasteiger partial charge in [0, 0.05) is 25.9 Å². The number of aryl methyl sites for hydroxylation is 1. The highest BCUT2D eigenvalue weighted by Gasteiger charge is 2.47. The van der Waals surface area contributed by atoms with Crippen molar-refractivity contribution in [2.45, 2.75) is 128 Å². The van der Waals surface area contributed by atoms with Crippen molar-refractivity contribution in [2.75, 3.05) is 26.2 Å². The quantitative estimate of drug-likeness (QED) is 0.128. The van der Waals surface area contributed by atoms with Crippen LogP contribution in [0.5, 0.6) is 0 Å². The molecule has 342 valence electrons. The van der Waals surface area contributed by atoms with Crippen molar-refractivity contribution in [1.82, 2.24) is 35.0 Å². The summed E-state index contributed by atoms with van der Waals surface area (Å²) in [5.41, 5.74) is 8.06. The monoisotopic (exact) mass is 917 g/mol. The number of piperidine rings is 1.